The van der Waals surface area contributed by atoms with Crippen LogP contribution in [0.4, 0.5) is 5.69 Å². The SMILES string of the molecule is O=C(Nc1cccc(Cn2cccn2)c1)C(=O)N1CCCC1Cc1ccccc1. The second kappa shape index (κ2) is 8.73. The first kappa shape index (κ1) is 18.9. The molecule has 2 aromatic carbocycles. The van der Waals surface area contributed by atoms with Crippen LogP contribution in [0.1, 0.15) is 24.0 Å². The maximum Gasteiger partial charge on any atom is 0.313 e. The number of nitrogens with zero attached hydrogens (tertiary/aromatic N) is 3. The molecule has 1 N–H and O–H groups in total. The van der Waals surface area contributed by atoms with E-state index in [1.54, 1.807) is 17.2 Å². The van der Waals surface area contributed by atoms with E-state index in [9.17, 15) is 9.59 Å². The highest BCUT2D eigenvalue weighted by atomic mass is 16.2. The Morgan fingerprint density at radius 1 is 1.03 bits per heavy atom. The van der Waals surface area contributed by atoms with E-state index in [0.717, 1.165) is 24.8 Å². The van der Waals surface area contributed by atoms with Gasteiger partial charge in [0, 0.05) is 30.7 Å². The van der Waals surface area contributed by atoms with E-state index < -0.39 is 11.8 Å². The minimum absolute atomic E-state index is 0.0711. The summed E-state index contributed by atoms with van der Waals surface area (Å²) in [6.07, 6.45) is 6.24. The summed E-state index contributed by atoms with van der Waals surface area (Å²) in [6, 6.07) is 19.5. The second-order valence-electron chi connectivity index (χ2n) is 7.34. The number of hydrogen-bond acceptors (Lipinski definition) is 3. The topological polar surface area (TPSA) is 67.2 Å². The summed E-state index contributed by atoms with van der Waals surface area (Å²) < 4.78 is 1.81. The van der Waals surface area contributed by atoms with Crippen molar-refractivity contribution in [3.05, 3.63) is 84.2 Å². The molecular formula is C23H24N4O2. The first-order valence-corrected chi connectivity index (χ1v) is 9.91. The van der Waals surface area contributed by atoms with Gasteiger partial charge in [-0.25, -0.2) is 0 Å². The van der Waals surface area contributed by atoms with Gasteiger partial charge in [0.05, 0.1) is 6.54 Å². The molecule has 0 saturated carbocycles. The van der Waals surface area contributed by atoms with Crippen LogP contribution in [0, 0.1) is 0 Å². The van der Waals surface area contributed by atoms with Crippen LogP contribution in [0.3, 0.4) is 0 Å². The lowest BCUT2D eigenvalue weighted by Crippen LogP contribution is -2.43. The number of nitrogens with one attached hydrogen (secondary N) is 1. The van der Waals surface area contributed by atoms with Crippen molar-refractivity contribution in [1.29, 1.82) is 0 Å². The third kappa shape index (κ3) is 4.71. The predicted molar refractivity (Wildman–Crippen MR) is 111 cm³/mol. The molecule has 29 heavy (non-hydrogen) atoms. The average Bonchev–Trinajstić information content (AvgIpc) is 3.40. The van der Waals surface area contributed by atoms with Gasteiger partial charge >= 0.3 is 11.8 Å². The molecule has 1 unspecified atom stereocenters. The van der Waals surface area contributed by atoms with Crippen molar-refractivity contribution in [2.24, 2.45) is 0 Å². The Kier molecular flexibility index (Phi) is 5.70. The van der Waals surface area contributed by atoms with Gasteiger partial charge in [-0.15, -0.1) is 0 Å². The minimum Gasteiger partial charge on any atom is -0.331 e. The molecule has 1 aromatic heterocycles. The van der Waals surface area contributed by atoms with Gasteiger partial charge in [0.2, 0.25) is 0 Å². The molecule has 0 spiro atoms. The highest BCUT2D eigenvalue weighted by molar-refractivity contribution is 6.39. The Labute approximate surface area is 170 Å². The highest BCUT2D eigenvalue weighted by Crippen LogP contribution is 2.22. The van der Waals surface area contributed by atoms with Crippen molar-refractivity contribution in [3.8, 4) is 0 Å². The number of benzene rings is 2. The summed E-state index contributed by atoms with van der Waals surface area (Å²) in [4.78, 5) is 27.1. The summed E-state index contributed by atoms with van der Waals surface area (Å²) in [7, 11) is 0. The lowest BCUT2D eigenvalue weighted by Gasteiger charge is -2.24. The number of anilines is 1. The highest BCUT2D eigenvalue weighted by Gasteiger charge is 2.32. The summed E-state index contributed by atoms with van der Waals surface area (Å²) in [5.74, 6) is -1.04. The van der Waals surface area contributed by atoms with E-state index in [4.69, 9.17) is 0 Å². The fourth-order valence-electron chi connectivity index (χ4n) is 3.84. The number of rotatable bonds is 5. The van der Waals surface area contributed by atoms with Gasteiger partial charge < -0.3 is 10.2 Å². The fraction of sp³-hybridized carbons (Fsp3) is 0.261. The summed E-state index contributed by atoms with van der Waals surface area (Å²) in [5, 5.41) is 6.96. The third-order valence-electron chi connectivity index (χ3n) is 5.24. The number of likely N-dealkylation sites (tertiary alicyclic amines) is 1. The van der Waals surface area contributed by atoms with Crippen molar-refractivity contribution in [3.63, 3.8) is 0 Å². The van der Waals surface area contributed by atoms with Crippen molar-refractivity contribution < 1.29 is 9.59 Å². The normalized spacial score (nSPS) is 16.0. The number of amides is 2. The minimum atomic E-state index is -0.582. The van der Waals surface area contributed by atoms with Gasteiger partial charge in [-0.1, -0.05) is 42.5 Å². The molecule has 0 aliphatic carbocycles. The zero-order valence-electron chi connectivity index (χ0n) is 16.2. The molecule has 1 saturated heterocycles. The van der Waals surface area contributed by atoms with Crippen molar-refractivity contribution in [1.82, 2.24) is 14.7 Å². The van der Waals surface area contributed by atoms with Crippen LogP contribution in [0.5, 0.6) is 0 Å². The molecule has 148 valence electrons. The lowest BCUT2D eigenvalue weighted by atomic mass is 10.0. The zero-order chi connectivity index (χ0) is 20.1. The van der Waals surface area contributed by atoms with Crippen molar-refractivity contribution in [2.75, 3.05) is 11.9 Å². The zero-order valence-corrected chi connectivity index (χ0v) is 16.2. The fourth-order valence-corrected chi connectivity index (χ4v) is 3.84. The van der Waals surface area contributed by atoms with Crippen molar-refractivity contribution in [2.45, 2.75) is 31.8 Å². The van der Waals surface area contributed by atoms with Gasteiger partial charge in [0.25, 0.3) is 0 Å². The van der Waals surface area contributed by atoms with E-state index >= 15 is 0 Å². The Morgan fingerprint density at radius 3 is 2.66 bits per heavy atom. The predicted octanol–water partition coefficient (Wildman–Crippen LogP) is 3.10. The van der Waals surface area contributed by atoms with Crippen LogP contribution >= 0.6 is 0 Å². The van der Waals surface area contributed by atoms with E-state index in [1.165, 1.54) is 5.56 Å². The quantitative estimate of drug-likeness (QED) is 0.683. The van der Waals surface area contributed by atoms with Crippen LogP contribution in [-0.2, 0) is 22.6 Å². The van der Waals surface area contributed by atoms with E-state index in [2.05, 4.69) is 22.5 Å². The molecule has 1 atom stereocenters. The molecule has 3 aromatic rings. The van der Waals surface area contributed by atoms with Gasteiger partial charge in [0.1, 0.15) is 0 Å². The summed E-state index contributed by atoms with van der Waals surface area (Å²) >= 11 is 0. The Bertz CT molecular complexity index is 970. The Hall–Kier alpha value is -3.41. The molecule has 6 nitrogen and oxygen atoms in total. The largest absolute Gasteiger partial charge is 0.331 e. The Balaban J connectivity index is 1.39. The van der Waals surface area contributed by atoms with Crippen LogP contribution in [0.15, 0.2) is 73.1 Å². The standard InChI is InChI=1S/C23H24N4O2/c28-22(25-20-10-4-9-19(15-20)17-26-13-6-12-24-26)23(29)27-14-5-11-21(27)16-18-7-2-1-3-8-18/h1-4,6-10,12-13,15,21H,5,11,14,16-17H2,(H,25,28). The molecule has 1 aliphatic heterocycles. The number of hydrogen-bond donors (Lipinski definition) is 1. The van der Waals surface area contributed by atoms with Crippen LogP contribution < -0.4 is 5.32 Å². The van der Waals surface area contributed by atoms with E-state index in [0.29, 0.717) is 18.8 Å². The van der Waals surface area contributed by atoms with Gasteiger partial charge in [0.15, 0.2) is 0 Å². The molecule has 4 rings (SSSR count). The molecule has 2 amide bonds. The molecule has 0 radical (unpaired) electrons. The number of carbonyl (C=O) groups is 2. The van der Waals surface area contributed by atoms with Gasteiger partial charge in [-0.2, -0.15) is 5.10 Å². The van der Waals surface area contributed by atoms with E-state index in [-0.39, 0.29) is 6.04 Å². The maximum absolute atomic E-state index is 12.8. The molecule has 6 heteroatoms. The van der Waals surface area contributed by atoms with Crippen LogP contribution in [-0.4, -0.2) is 39.1 Å². The van der Waals surface area contributed by atoms with E-state index in [1.807, 2.05) is 53.3 Å². The molecule has 2 heterocycles. The van der Waals surface area contributed by atoms with Gasteiger partial charge in [-0.3, -0.25) is 14.3 Å². The van der Waals surface area contributed by atoms with Crippen LogP contribution in [0.25, 0.3) is 0 Å². The Morgan fingerprint density at radius 2 is 1.86 bits per heavy atom. The smallest absolute Gasteiger partial charge is 0.313 e. The second-order valence-corrected chi connectivity index (χ2v) is 7.34. The number of carbonyl (C=O) groups excluding carboxylic acids is 2. The maximum atomic E-state index is 12.8. The first-order chi connectivity index (χ1) is 14.2. The van der Waals surface area contributed by atoms with Crippen molar-refractivity contribution >= 4 is 17.5 Å². The number of aromatic nitrogens is 2. The molecule has 1 fully saturated rings. The monoisotopic (exact) mass is 388 g/mol. The first-order valence-electron chi connectivity index (χ1n) is 9.91. The molecule has 1 aliphatic rings. The summed E-state index contributed by atoms with van der Waals surface area (Å²) in [5.41, 5.74) is 2.80. The third-order valence-corrected chi connectivity index (χ3v) is 5.24. The average molecular weight is 388 g/mol. The molecule has 0 bridgehead atoms. The van der Waals surface area contributed by atoms with Gasteiger partial charge in [-0.05, 0) is 48.6 Å². The lowest BCUT2D eigenvalue weighted by molar-refractivity contribution is -0.143. The van der Waals surface area contributed by atoms with Crippen LogP contribution in [0.2, 0.25) is 0 Å². The summed E-state index contributed by atoms with van der Waals surface area (Å²) in [6.45, 7) is 1.24. The molecular weight excluding hydrogens is 364 g/mol.